The molecule has 224 valence electrons. The molecule has 0 radical (unpaired) electrons. The minimum absolute atomic E-state index is 0.178. The highest BCUT2D eigenvalue weighted by Gasteiger charge is 2.18. The van der Waals surface area contributed by atoms with Crippen molar-refractivity contribution in [3.63, 3.8) is 0 Å². The van der Waals surface area contributed by atoms with Gasteiger partial charge in [-0.3, -0.25) is 9.59 Å². The third-order valence-corrected chi connectivity index (χ3v) is 7.59. The fourth-order valence-corrected chi connectivity index (χ4v) is 5.18. The first-order chi connectivity index (χ1) is 19.6. The van der Waals surface area contributed by atoms with Crippen molar-refractivity contribution in [1.29, 1.82) is 0 Å². The van der Waals surface area contributed by atoms with Crippen molar-refractivity contribution in [3.8, 4) is 17.0 Å². The molecule has 1 aromatic heterocycles. The number of aryl methyl sites for hydroxylation is 1. The minimum Gasteiger partial charge on any atom is -0.424 e. The number of anilines is 1. The quantitative estimate of drug-likeness (QED) is 0.0843. The second-order valence-electron chi connectivity index (χ2n) is 9.09. The van der Waals surface area contributed by atoms with Crippen LogP contribution in [0.1, 0.15) is 70.0 Å². The average molecular weight is 713 g/mol. The lowest BCUT2D eigenvalue weighted by atomic mass is 9.99. The SMILES string of the molecule is CCC(C)C(=O)Oc1c(Br)cc(/C=C(\C)c2cc(-c3csc(C)n3)ccc2NC=O)cc1Br.CCCO.CCCO. The number of carbonyl (C=O) groups excluding carboxylic acids is 2. The number of allylic oxidation sites excluding steroid dienone is 1. The summed E-state index contributed by atoms with van der Waals surface area (Å²) in [5.41, 5.74) is 5.35. The van der Waals surface area contributed by atoms with E-state index in [4.69, 9.17) is 14.9 Å². The van der Waals surface area contributed by atoms with Gasteiger partial charge in [0.05, 0.1) is 25.6 Å². The van der Waals surface area contributed by atoms with Crippen LogP contribution in [0, 0.1) is 12.8 Å². The Balaban J connectivity index is 0.000000930. The number of aliphatic hydroxyl groups is 2. The van der Waals surface area contributed by atoms with Crippen LogP contribution in [-0.4, -0.2) is 40.8 Å². The first kappa shape index (κ1) is 36.7. The van der Waals surface area contributed by atoms with Gasteiger partial charge in [-0.1, -0.05) is 39.8 Å². The number of aliphatic hydroxyl groups excluding tert-OH is 2. The van der Waals surface area contributed by atoms with Crippen molar-refractivity contribution in [2.75, 3.05) is 18.5 Å². The van der Waals surface area contributed by atoms with Gasteiger partial charge in [-0.15, -0.1) is 11.3 Å². The summed E-state index contributed by atoms with van der Waals surface area (Å²) < 4.78 is 6.93. The van der Waals surface area contributed by atoms with E-state index in [1.807, 2.05) is 83.3 Å². The first-order valence-corrected chi connectivity index (χ1v) is 15.9. The Morgan fingerprint density at radius 2 is 1.68 bits per heavy atom. The minimum atomic E-state index is -0.267. The predicted molar refractivity (Wildman–Crippen MR) is 177 cm³/mol. The lowest BCUT2D eigenvalue weighted by Gasteiger charge is -2.14. The molecule has 0 spiro atoms. The highest BCUT2D eigenvalue weighted by atomic mass is 79.9. The number of ether oxygens (including phenoxy) is 1. The second kappa shape index (κ2) is 19.7. The van der Waals surface area contributed by atoms with E-state index < -0.39 is 0 Å². The Morgan fingerprint density at radius 1 is 1.10 bits per heavy atom. The molecule has 0 saturated heterocycles. The van der Waals surface area contributed by atoms with Gasteiger partial charge in [0.1, 0.15) is 0 Å². The standard InChI is InChI=1S/C25H24Br2N2O3S.2C3H8O/c1-5-14(2)25(31)32-24-20(26)9-17(10-21(24)27)8-15(3)19-11-18(6-7-22(19)28-13-30)23-12-33-16(4)29-23;2*1-2-3-4/h6-14H,5H2,1-4H3,(H,28,30);2*4H,2-3H2,1H3/b15-8+;;. The van der Waals surface area contributed by atoms with Gasteiger partial charge in [0.2, 0.25) is 6.41 Å². The Kier molecular flexibility index (Phi) is 17.6. The molecule has 3 rings (SSSR count). The maximum Gasteiger partial charge on any atom is 0.314 e. The fraction of sp³-hybridized carbons (Fsp3) is 0.387. The molecule has 0 aliphatic carbocycles. The fourth-order valence-electron chi connectivity index (χ4n) is 3.17. The lowest BCUT2D eigenvalue weighted by Crippen LogP contribution is -2.17. The molecule has 1 unspecified atom stereocenters. The number of benzene rings is 2. The van der Waals surface area contributed by atoms with E-state index in [0.717, 1.165) is 45.8 Å². The van der Waals surface area contributed by atoms with Crippen molar-refractivity contribution in [2.45, 2.75) is 60.8 Å². The van der Waals surface area contributed by atoms with E-state index in [2.05, 4.69) is 42.2 Å². The highest BCUT2D eigenvalue weighted by molar-refractivity contribution is 9.11. The number of nitrogens with one attached hydrogen (secondary N) is 1. The van der Waals surface area contributed by atoms with Crippen LogP contribution in [0.4, 0.5) is 5.69 Å². The summed E-state index contributed by atoms with van der Waals surface area (Å²) in [6.07, 6.45) is 5.15. The Bertz CT molecular complexity index is 1260. The van der Waals surface area contributed by atoms with Crippen molar-refractivity contribution >= 4 is 72.9 Å². The molecule has 2 aromatic carbocycles. The number of nitrogens with zero attached hydrogens (tertiary/aromatic N) is 1. The predicted octanol–water partition coefficient (Wildman–Crippen LogP) is 8.50. The van der Waals surface area contributed by atoms with Crippen LogP contribution in [0.15, 0.2) is 44.7 Å². The molecule has 0 bridgehead atoms. The number of hydrogen-bond donors (Lipinski definition) is 3. The van der Waals surface area contributed by atoms with Crippen molar-refractivity contribution in [1.82, 2.24) is 4.98 Å². The van der Waals surface area contributed by atoms with Gasteiger partial charge in [-0.2, -0.15) is 0 Å². The van der Waals surface area contributed by atoms with Gasteiger partial charge in [0.15, 0.2) is 5.75 Å². The summed E-state index contributed by atoms with van der Waals surface area (Å²) in [6, 6.07) is 9.65. The zero-order chi connectivity index (χ0) is 30.9. The molecule has 7 nitrogen and oxygen atoms in total. The smallest absolute Gasteiger partial charge is 0.314 e. The topological polar surface area (TPSA) is 109 Å². The van der Waals surface area contributed by atoms with Crippen LogP contribution in [0.25, 0.3) is 22.9 Å². The number of rotatable bonds is 10. The highest BCUT2D eigenvalue weighted by Crippen LogP contribution is 2.37. The van der Waals surface area contributed by atoms with Gasteiger partial charge in [0, 0.05) is 35.4 Å². The molecule has 0 aliphatic rings. The van der Waals surface area contributed by atoms with Gasteiger partial charge in [0.25, 0.3) is 0 Å². The summed E-state index contributed by atoms with van der Waals surface area (Å²) in [4.78, 5) is 28.0. The summed E-state index contributed by atoms with van der Waals surface area (Å²) in [7, 11) is 0. The van der Waals surface area contributed by atoms with Crippen LogP contribution in [0.5, 0.6) is 5.75 Å². The zero-order valence-electron chi connectivity index (χ0n) is 24.5. The number of aromatic nitrogens is 1. The molecule has 0 fully saturated rings. The lowest BCUT2D eigenvalue weighted by molar-refractivity contribution is -0.138. The summed E-state index contributed by atoms with van der Waals surface area (Å²) in [5, 5.41) is 21.6. The van der Waals surface area contributed by atoms with E-state index in [0.29, 0.717) is 46.4 Å². The van der Waals surface area contributed by atoms with Crippen molar-refractivity contribution in [3.05, 3.63) is 60.8 Å². The van der Waals surface area contributed by atoms with E-state index in [1.165, 1.54) is 0 Å². The maximum absolute atomic E-state index is 12.2. The zero-order valence-corrected chi connectivity index (χ0v) is 28.5. The maximum atomic E-state index is 12.2. The number of amides is 1. The number of carbonyl (C=O) groups is 2. The normalized spacial score (nSPS) is 11.4. The van der Waals surface area contributed by atoms with Gasteiger partial charge >= 0.3 is 5.97 Å². The molecule has 1 amide bonds. The number of hydrogen-bond acceptors (Lipinski definition) is 7. The van der Waals surface area contributed by atoms with Crippen LogP contribution in [0.2, 0.25) is 0 Å². The second-order valence-corrected chi connectivity index (χ2v) is 11.9. The molecule has 0 aliphatic heterocycles. The van der Waals surface area contributed by atoms with Gasteiger partial charge in [-0.25, -0.2) is 4.98 Å². The van der Waals surface area contributed by atoms with Crippen LogP contribution in [-0.2, 0) is 9.59 Å². The molecule has 1 heterocycles. The molecule has 0 saturated carbocycles. The Morgan fingerprint density at radius 3 is 2.15 bits per heavy atom. The molecular formula is C31H40Br2N2O5S. The van der Waals surface area contributed by atoms with E-state index in [9.17, 15) is 9.59 Å². The largest absolute Gasteiger partial charge is 0.424 e. The molecular weight excluding hydrogens is 672 g/mol. The third kappa shape index (κ3) is 12.2. The summed E-state index contributed by atoms with van der Waals surface area (Å²) in [5.74, 6) is 0.0134. The van der Waals surface area contributed by atoms with Crippen molar-refractivity contribution in [2.24, 2.45) is 5.92 Å². The molecule has 1 atom stereocenters. The summed E-state index contributed by atoms with van der Waals surface area (Å²) in [6.45, 7) is 12.3. The van der Waals surface area contributed by atoms with Crippen LogP contribution >= 0.6 is 43.2 Å². The van der Waals surface area contributed by atoms with Crippen molar-refractivity contribution < 1.29 is 24.5 Å². The van der Waals surface area contributed by atoms with Gasteiger partial charge < -0.3 is 20.3 Å². The van der Waals surface area contributed by atoms with E-state index >= 15 is 0 Å². The monoisotopic (exact) mass is 710 g/mol. The number of thiazole rings is 1. The molecule has 3 N–H and O–H groups in total. The summed E-state index contributed by atoms with van der Waals surface area (Å²) >= 11 is 8.65. The molecule has 41 heavy (non-hydrogen) atoms. The average Bonchev–Trinajstić information content (AvgIpc) is 3.41. The van der Waals surface area contributed by atoms with E-state index in [-0.39, 0.29) is 11.9 Å². The van der Waals surface area contributed by atoms with Crippen LogP contribution in [0.3, 0.4) is 0 Å². The third-order valence-electron chi connectivity index (χ3n) is 5.64. The van der Waals surface area contributed by atoms with E-state index in [1.54, 1.807) is 11.3 Å². The number of esters is 1. The first-order valence-electron chi connectivity index (χ1n) is 13.4. The molecule has 3 aromatic rings. The van der Waals surface area contributed by atoms with Crippen LogP contribution < -0.4 is 10.1 Å². The Hall–Kier alpha value is -2.37. The molecule has 10 heteroatoms. The Labute approximate surface area is 264 Å². The van der Waals surface area contributed by atoms with Gasteiger partial charge in [-0.05, 0) is 100 Å². The number of halogens is 2.